The molecule has 2 aliphatic heterocycles. The van der Waals surface area contributed by atoms with Crippen LogP contribution in [0.2, 0.25) is 0 Å². The molecule has 3 atom stereocenters. The van der Waals surface area contributed by atoms with Gasteiger partial charge in [0.15, 0.2) is 5.58 Å². The van der Waals surface area contributed by atoms with E-state index < -0.39 is 0 Å². The summed E-state index contributed by atoms with van der Waals surface area (Å²) in [6, 6.07) is 1.87. The van der Waals surface area contributed by atoms with Crippen LogP contribution in [0.25, 0.3) is 11.0 Å². The van der Waals surface area contributed by atoms with Crippen molar-refractivity contribution in [3.63, 3.8) is 0 Å². The Balaban J connectivity index is 1.55. The van der Waals surface area contributed by atoms with Crippen molar-refractivity contribution in [1.29, 1.82) is 0 Å². The van der Waals surface area contributed by atoms with Crippen LogP contribution in [0.3, 0.4) is 0 Å². The van der Waals surface area contributed by atoms with E-state index in [-0.39, 0.29) is 17.9 Å². The second-order valence-corrected chi connectivity index (χ2v) is 7.09. The number of hydrogen-bond acceptors (Lipinski definition) is 5. The summed E-state index contributed by atoms with van der Waals surface area (Å²) in [4.78, 5) is 32.4. The van der Waals surface area contributed by atoms with Gasteiger partial charge in [-0.3, -0.25) is 9.59 Å². The van der Waals surface area contributed by atoms with Gasteiger partial charge in [0.1, 0.15) is 12.0 Å². The molecule has 0 aliphatic carbocycles. The zero-order valence-electron chi connectivity index (χ0n) is 14.5. The topological polar surface area (TPSA) is 78.7 Å². The predicted octanol–water partition coefficient (Wildman–Crippen LogP) is 1.63. The van der Waals surface area contributed by atoms with Gasteiger partial charge in [-0.05, 0) is 31.4 Å². The van der Waals surface area contributed by atoms with E-state index in [4.69, 9.17) is 4.42 Å². The molecule has 0 saturated carbocycles. The summed E-state index contributed by atoms with van der Waals surface area (Å²) in [7, 11) is 1.68. The number of fused-ring (bicyclic) bond motifs is 3. The molecule has 0 spiro atoms. The first-order valence-corrected chi connectivity index (χ1v) is 8.66. The number of carbonyl (C=O) groups is 2. The second kappa shape index (κ2) is 6.15. The summed E-state index contributed by atoms with van der Waals surface area (Å²) in [5.74, 6) is 0.420. The molecule has 2 aliphatic rings. The summed E-state index contributed by atoms with van der Waals surface area (Å²) in [6.07, 6.45) is 5.32. The van der Waals surface area contributed by atoms with Crippen molar-refractivity contribution in [2.45, 2.75) is 25.8 Å². The highest BCUT2D eigenvalue weighted by Gasteiger charge is 2.33. The van der Waals surface area contributed by atoms with Gasteiger partial charge in [-0.2, -0.15) is 0 Å². The van der Waals surface area contributed by atoms with E-state index in [0.29, 0.717) is 28.3 Å². The SMILES string of the molecule is CC(=O)N(C)c1coc2cnc(C(=O)NC3CC4CCN(C4)C3)cc12. The Kier molecular flexibility index (Phi) is 3.95. The molecule has 7 nitrogen and oxygen atoms in total. The third-order valence-electron chi connectivity index (χ3n) is 5.31. The fourth-order valence-corrected chi connectivity index (χ4v) is 3.90. The van der Waals surface area contributed by atoms with Gasteiger partial charge in [0, 0.05) is 38.5 Å². The number of carbonyl (C=O) groups excluding carboxylic acids is 2. The van der Waals surface area contributed by atoms with Gasteiger partial charge in [0.2, 0.25) is 5.91 Å². The van der Waals surface area contributed by atoms with Crippen molar-refractivity contribution >= 4 is 28.5 Å². The first-order chi connectivity index (χ1) is 12.0. The molecule has 2 aromatic heterocycles. The highest BCUT2D eigenvalue weighted by atomic mass is 16.3. The molecule has 2 saturated heterocycles. The van der Waals surface area contributed by atoms with E-state index in [1.165, 1.54) is 30.7 Å². The number of anilines is 1. The number of aromatic nitrogens is 1. The van der Waals surface area contributed by atoms with Crippen LogP contribution in [-0.2, 0) is 4.79 Å². The van der Waals surface area contributed by atoms with E-state index in [0.717, 1.165) is 26.1 Å². The number of rotatable bonds is 3. The Bertz CT molecular complexity index is 819. The summed E-state index contributed by atoms with van der Waals surface area (Å²) in [6.45, 7) is 4.69. The maximum Gasteiger partial charge on any atom is 0.270 e. The quantitative estimate of drug-likeness (QED) is 0.917. The molecule has 0 radical (unpaired) electrons. The second-order valence-electron chi connectivity index (χ2n) is 7.09. The third-order valence-corrected chi connectivity index (χ3v) is 5.31. The Labute approximate surface area is 146 Å². The van der Waals surface area contributed by atoms with Gasteiger partial charge < -0.3 is 19.5 Å². The van der Waals surface area contributed by atoms with Gasteiger partial charge in [0.05, 0.1) is 11.9 Å². The monoisotopic (exact) mass is 342 g/mol. The standard InChI is InChI=1S/C18H22N4O3/c1-11(23)21(2)16-10-25-17-7-19-15(6-14(16)17)18(24)20-13-5-12-3-4-22(8-12)9-13/h6-7,10,12-13H,3-5,8-9H2,1-2H3,(H,20,24). The van der Waals surface area contributed by atoms with Crippen molar-refractivity contribution in [3.05, 3.63) is 24.2 Å². The van der Waals surface area contributed by atoms with E-state index in [1.54, 1.807) is 13.1 Å². The number of hydrogen-bond donors (Lipinski definition) is 1. The zero-order valence-corrected chi connectivity index (χ0v) is 14.5. The predicted molar refractivity (Wildman–Crippen MR) is 93.5 cm³/mol. The van der Waals surface area contributed by atoms with Crippen molar-refractivity contribution < 1.29 is 14.0 Å². The van der Waals surface area contributed by atoms with E-state index in [9.17, 15) is 9.59 Å². The maximum absolute atomic E-state index is 12.6. The molecule has 25 heavy (non-hydrogen) atoms. The van der Waals surface area contributed by atoms with Crippen LogP contribution in [0.4, 0.5) is 5.69 Å². The van der Waals surface area contributed by atoms with Gasteiger partial charge in [-0.15, -0.1) is 0 Å². The third kappa shape index (κ3) is 3.00. The lowest BCUT2D eigenvalue weighted by Crippen LogP contribution is -2.47. The largest absolute Gasteiger partial charge is 0.460 e. The highest BCUT2D eigenvalue weighted by Crippen LogP contribution is 2.29. The molecule has 2 amide bonds. The van der Waals surface area contributed by atoms with E-state index in [1.807, 2.05) is 0 Å². The molecule has 1 N–H and O–H groups in total. The Morgan fingerprint density at radius 3 is 3.00 bits per heavy atom. The van der Waals surface area contributed by atoms with Crippen LogP contribution in [0.15, 0.2) is 22.9 Å². The van der Waals surface area contributed by atoms with Crippen molar-refractivity contribution in [3.8, 4) is 0 Å². The Morgan fingerprint density at radius 2 is 2.24 bits per heavy atom. The molecule has 3 unspecified atom stereocenters. The van der Waals surface area contributed by atoms with E-state index >= 15 is 0 Å². The van der Waals surface area contributed by atoms with Crippen LogP contribution in [0.5, 0.6) is 0 Å². The molecule has 7 heteroatoms. The Hall–Kier alpha value is -2.41. The number of piperidine rings is 1. The molecule has 4 heterocycles. The molecule has 2 bridgehead atoms. The fraction of sp³-hybridized carbons (Fsp3) is 0.500. The molecule has 2 fully saturated rings. The smallest absolute Gasteiger partial charge is 0.270 e. The van der Waals surface area contributed by atoms with Gasteiger partial charge in [0.25, 0.3) is 5.91 Å². The Morgan fingerprint density at radius 1 is 1.40 bits per heavy atom. The number of nitrogens with one attached hydrogen (secondary N) is 1. The summed E-state index contributed by atoms with van der Waals surface area (Å²) < 4.78 is 5.45. The minimum absolute atomic E-state index is 0.0998. The number of nitrogens with zero attached hydrogens (tertiary/aromatic N) is 3. The van der Waals surface area contributed by atoms with Crippen molar-refractivity contribution in [1.82, 2.24) is 15.2 Å². The van der Waals surface area contributed by atoms with Gasteiger partial charge >= 0.3 is 0 Å². The van der Waals surface area contributed by atoms with Crippen LogP contribution in [0.1, 0.15) is 30.3 Å². The summed E-state index contributed by atoms with van der Waals surface area (Å²) in [5.41, 5.74) is 1.54. The average molecular weight is 342 g/mol. The first kappa shape index (κ1) is 16.1. The van der Waals surface area contributed by atoms with Crippen LogP contribution < -0.4 is 10.2 Å². The minimum atomic E-state index is -0.174. The number of pyridine rings is 1. The lowest BCUT2D eigenvalue weighted by Gasteiger charge is -2.30. The van der Waals surface area contributed by atoms with Crippen LogP contribution >= 0.6 is 0 Å². The molecule has 4 rings (SSSR count). The van der Waals surface area contributed by atoms with Crippen LogP contribution in [-0.4, -0.2) is 54.4 Å². The lowest BCUT2D eigenvalue weighted by atomic mass is 9.97. The number of furan rings is 1. The minimum Gasteiger partial charge on any atom is -0.460 e. The first-order valence-electron chi connectivity index (χ1n) is 8.66. The van der Waals surface area contributed by atoms with Gasteiger partial charge in [-0.25, -0.2) is 4.98 Å². The normalized spacial score (nSPS) is 25.1. The summed E-state index contributed by atoms with van der Waals surface area (Å²) >= 11 is 0. The molecular formula is C18H22N4O3. The molecular weight excluding hydrogens is 320 g/mol. The van der Waals surface area contributed by atoms with Crippen molar-refractivity contribution in [2.75, 3.05) is 31.6 Å². The average Bonchev–Trinajstić information content (AvgIpc) is 3.16. The van der Waals surface area contributed by atoms with Gasteiger partial charge in [-0.1, -0.05) is 0 Å². The molecule has 2 aromatic rings. The highest BCUT2D eigenvalue weighted by molar-refractivity contribution is 6.03. The summed E-state index contributed by atoms with van der Waals surface area (Å²) in [5, 5.41) is 3.82. The molecule has 0 aromatic carbocycles. The molecule has 132 valence electrons. The zero-order chi connectivity index (χ0) is 17.6. The van der Waals surface area contributed by atoms with Crippen molar-refractivity contribution in [2.24, 2.45) is 5.92 Å². The number of amides is 2. The maximum atomic E-state index is 12.6. The lowest BCUT2D eigenvalue weighted by molar-refractivity contribution is -0.116. The van der Waals surface area contributed by atoms with E-state index in [2.05, 4.69) is 15.2 Å². The van der Waals surface area contributed by atoms with Crippen LogP contribution in [0, 0.1) is 5.92 Å². The fourth-order valence-electron chi connectivity index (χ4n) is 3.90.